The average Bonchev–Trinajstić information content (AvgIpc) is 2.94. The van der Waals surface area contributed by atoms with Crippen molar-refractivity contribution in [3.63, 3.8) is 0 Å². The molecule has 8 nitrogen and oxygen atoms in total. The molecule has 0 radical (unpaired) electrons. The summed E-state index contributed by atoms with van der Waals surface area (Å²) in [6, 6.07) is 22.3. The number of benzene rings is 3. The van der Waals surface area contributed by atoms with Gasteiger partial charge in [-0.2, -0.15) is 9.57 Å². The molecular formula is C29H31N3O5S. The van der Waals surface area contributed by atoms with Gasteiger partial charge in [-0.25, -0.2) is 8.42 Å². The number of nitriles is 1. The van der Waals surface area contributed by atoms with Gasteiger partial charge in [0.1, 0.15) is 16.7 Å². The van der Waals surface area contributed by atoms with Gasteiger partial charge in [-0.15, -0.1) is 0 Å². The van der Waals surface area contributed by atoms with E-state index in [1.807, 2.05) is 19.1 Å². The van der Waals surface area contributed by atoms with Crippen LogP contribution in [0.2, 0.25) is 0 Å². The number of nitrogens with zero attached hydrogens (tertiary/aromatic N) is 3. The molecule has 0 fully saturated rings. The minimum Gasteiger partial charge on any atom is -0.487 e. The number of hydrogen-bond donors (Lipinski definition) is 1. The Morgan fingerprint density at radius 3 is 2.53 bits per heavy atom. The largest absolute Gasteiger partial charge is 0.487 e. The molecule has 0 bridgehead atoms. The van der Waals surface area contributed by atoms with E-state index < -0.39 is 22.2 Å². The molecule has 4 rings (SSSR count). The molecule has 1 amide bonds. The number of amides is 1. The Balaban J connectivity index is 1.76. The van der Waals surface area contributed by atoms with Gasteiger partial charge in [0.05, 0.1) is 24.8 Å². The SMILES string of the molecule is C[C@@H]1CN([C@H](C)CO)S(=O)(=O)c2ccc(-c3cccc(C#N)c3)cc2O[C@@H]1CN(C)C(=O)c1ccccc1. The van der Waals surface area contributed by atoms with Gasteiger partial charge >= 0.3 is 0 Å². The summed E-state index contributed by atoms with van der Waals surface area (Å²) in [5.74, 6) is -0.306. The number of hydrogen-bond acceptors (Lipinski definition) is 6. The van der Waals surface area contributed by atoms with E-state index in [1.165, 1.54) is 10.4 Å². The quantitative estimate of drug-likeness (QED) is 0.517. The van der Waals surface area contributed by atoms with Gasteiger partial charge in [0.25, 0.3) is 5.91 Å². The molecule has 0 aliphatic carbocycles. The van der Waals surface area contributed by atoms with E-state index in [2.05, 4.69) is 6.07 Å². The standard InChI is InChI=1S/C29H31N3O5S/c1-20-17-32(21(2)19-33)38(35,36)28-13-12-25(24-11-7-8-22(14-24)16-30)15-26(28)37-27(20)18-31(3)29(34)23-9-5-4-6-10-23/h4-15,20-21,27,33H,17-19H2,1-3H3/t20-,21-,27-/m1/s1. The first-order chi connectivity index (χ1) is 18.1. The first kappa shape index (κ1) is 27.3. The fraction of sp³-hybridized carbons (Fsp3) is 0.310. The van der Waals surface area contributed by atoms with Gasteiger partial charge in [0.2, 0.25) is 10.0 Å². The van der Waals surface area contributed by atoms with Crippen LogP contribution in [0.4, 0.5) is 0 Å². The van der Waals surface area contributed by atoms with Crippen molar-refractivity contribution < 1.29 is 23.1 Å². The molecule has 1 heterocycles. The lowest BCUT2D eigenvalue weighted by molar-refractivity contribution is 0.0564. The highest BCUT2D eigenvalue weighted by molar-refractivity contribution is 7.89. The molecule has 0 saturated heterocycles. The van der Waals surface area contributed by atoms with Crippen molar-refractivity contribution in [3.8, 4) is 22.9 Å². The second-order valence-corrected chi connectivity index (χ2v) is 11.5. The zero-order valence-electron chi connectivity index (χ0n) is 21.6. The van der Waals surface area contributed by atoms with E-state index in [4.69, 9.17) is 4.74 Å². The van der Waals surface area contributed by atoms with Crippen LogP contribution in [0.25, 0.3) is 11.1 Å². The molecule has 1 aliphatic rings. The Morgan fingerprint density at radius 1 is 1.13 bits per heavy atom. The fourth-order valence-corrected chi connectivity index (χ4v) is 6.37. The van der Waals surface area contributed by atoms with Crippen molar-refractivity contribution in [2.45, 2.75) is 30.9 Å². The minimum absolute atomic E-state index is 0.00748. The number of carbonyl (C=O) groups excluding carboxylic acids is 1. The maximum Gasteiger partial charge on any atom is 0.253 e. The second kappa shape index (κ2) is 11.4. The van der Waals surface area contributed by atoms with Gasteiger partial charge in [-0.05, 0) is 54.4 Å². The van der Waals surface area contributed by atoms with Gasteiger partial charge in [0.15, 0.2) is 0 Å². The number of fused-ring (bicyclic) bond motifs is 1. The first-order valence-corrected chi connectivity index (χ1v) is 13.8. The molecule has 3 aromatic rings. The first-order valence-electron chi connectivity index (χ1n) is 12.4. The summed E-state index contributed by atoms with van der Waals surface area (Å²) in [6.07, 6.45) is -0.531. The van der Waals surface area contributed by atoms with Gasteiger partial charge in [-0.1, -0.05) is 43.3 Å². The van der Waals surface area contributed by atoms with Crippen molar-refractivity contribution in [2.75, 3.05) is 26.7 Å². The Bertz CT molecular complexity index is 1450. The van der Waals surface area contributed by atoms with Crippen LogP contribution in [-0.2, 0) is 10.0 Å². The Morgan fingerprint density at radius 2 is 1.84 bits per heavy atom. The van der Waals surface area contributed by atoms with Gasteiger partial charge in [-0.3, -0.25) is 4.79 Å². The maximum atomic E-state index is 13.7. The molecule has 0 aromatic heterocycles. The molecule has 198 valence electrons. The van der Waals surface area contributed by atoms with Crippen molar-refractivity contribution >= 4 is 15.9 Å². The molecule has 0 unspecified atom stereocenters. The highest BCUT2D eigenvalue weighted by Gasteiger charge is 2.38. The third-order valence-corrected chi connectivity index (χ3v) is 8.83. The smallest absolute Gasteiger partial charge is 0.253 e. The molecule has 3 atom stereocenters. The van der Waals surface area contributed by atoms with Crippen LogP contribution < -0.4 is 4.74 Å². The Kier molecular flexibility index (Phi) is 8.17. The van der Waals surface area contributed by atoms with Crippen molar-refractivity contribution in [1.29, 1.82) is 5.26 Å². The number of carbonyl (C=O) groups is 1. The maximum absolute atomic E-state index is 13.7. The highest BCUT2D eigenvalue weighted by atomic mass is 32.2. The van der Waals surface area contributed by atoms with Crippen molar-refractivity contribution in [1.82, 2.24) is 9.21 Å². The number of aliphatic hydroxyl groups excluding tert-OH is 1. The summed E-state index contributed by atoms with van der Waals surface area (Å²) < 4.78 is 35.1. The zero-order chi connectivity index (χ0) is 27.4. The third-order valence-electron chi connectivity index (χ3n) is 6.81. The van der Waals surface area contributed by atoms with Crippen LogP contribution in [0.3, 0.4) is 0 Å². The van der Waals surface area contributed by atoms with E-state index in [0.717, 1.165) is 5.56 Å². The van der Waals surface area contributed by atoms with Crippen LogP contribution in [0, 0.1) is 17.2 Å². The molecule has 1 N–H and O–H groups in total. The fourth-order valence-electron chi connectivity index (χ4n) is 4.55. The summed E-state index contributed by atoms with van der Waals surface area (Å²) in [4.78, 5) is 14.6. The summed E-state index contributed by atoms with van der Waals surface area (Å²) in [7, 11) is -2.30. The van der Waals surface area contributed by atoms with Gasteiger partial charge < -0.3 is 14.7 Å². The average molecular weight is 534 g/mol. The van der Waals surface area contributed by atoms with E-state index in [9.17, 15) is 23.6 Å². The number of aliphatic hydroxyl groups is 1. The Hall–Kier alpha value is -3.71. The number of ether oxygens (including phenoxy) is 1. The zero-order valence-corrected chi connectivity index (χ0v) is 22.4. The summed E-state index contributed by atoms with van der Waals surface area (Å²) in [5.41, 5.74) is 2.47. The van der Waals surface area contributed by atoms with Crippen LogP contribution >= 0.6 is 0 Å². The molecular weight excluding hydrogens is 502 g/mol. The van der Waals surface area contributed by atoms with Crippen LogP contribution in [0.1, 0.15) is 29.8 Å². The highest BCUT2D eigenvalue weighted by Crippen LogP contribution is 2.36. The van der Waals surface area contributed by atoms with Crippen LogP contribution in [-0.4, -0.2) is 67.5 Å². The number of likely N-dealkylation sites (N-methyl/N-ethyl adjacent to an activating group) is 1. The predicted molar refractivity (Wildman–Crippen MR) is 144 cm³/mol. The van der Waals surface area contributed by atoms with E-state index >= 15 is 0 Å². The van der Waals surface area contributed by atoms with Crippen LogP contribution in [0.5, 0.6) is 5.75 Å². The molecule has 9 heteroatoms. The lowest BCUT2D eigenvalue weighted by Gasteiger charge is -2.37. The van der Waals surface area contributed by atoms with Gasteiger partial charge in [0, 0.05) is 31.1 Å². The number of sulfonamides is 1. The monoisotopic (exact) mass is 533 g/mol. The van der Waals surface area contributed by atoms with Crippen molar-refractivity contribution in [3.05, 3.63) is 83.9 Å². The van der Waals surface area contributed by atoms with E-state index in [0.29, 0.717) is 16.7 Å². The summed E-state index contributed by atoms with van der Waals surface area (Å²) >= 11 is 0. The lowest BCUT2D eigenvalue weighted by Crippen LogP contribution is -2.50. The number of rotatable bonds is 6. The summed E-state index contributed by atoms with van der Waals surface area (Å²) in [6.45, 7) is 3.55. The molecule has 1 aliphatic heterocycles. The third kappa shape index (κ3) is 5.58. The predicted octanol–water partition coefficient (Wildman–Crippen LogP) is 3.77. The topological polar surface area (TPSA) is 111 Å². The second-order valence-electron chi connectivity index (χ2n) is 9.65. The minimum atomic E-state index is -3.99. The molecule has 0 saturated carbocycles. The Labute approximate surface area is 223 Å². The molecule has 0 spiro atoms. The van der Waals surface area contributed by atoms with E-state index in [-0.39, 0.29) is 42.2 Å². The lowest BCUT2D eigenvalue weighted by atomic mass is 10.0. The molecule has 3 aromatic carbocycles. The summed E-state index contributed by atoms with van der Waals surface area (Å²) in [5, 5.41) is 19.2. The van der Waals surface area contributed by atoms with Crippen molar-refractivity contribution in [2.24, 2.45) is 5.92 Å². The van der Waals surface area contributed by atoms with E-state index in [1.54, 1.807) is 73.5 Å². The van der Waals surface area contributed by atoms with Crippen LogP contribution in [0.15, 0.2) is 77.7 Å². The normalized spacial score (nSPS) is 19.7. The molecule has 38 heavy (non-hydrogen) atoms.